The lowest BCUT2D eigenvalue weighted by Gasteiger charge is -2.34. The second-order valence-corrected chi connectivity index (χ2v) is 6.91. The molecule has 3 rings (SSSR count). The summed E-state index contributed by atoms with van der Waals surface area (Å²) >= 11 is 0. The number of nitrogens with zero attached hydrogens (tertiary/aromatic N) is 2. The molecule has 0 aliphatic carbocycles. The number of halogens is 3. The van der Waals surface area contributed by atoms with E-state index in [1.807, 2.05) is 31.2 Å². The van der Waals surface area contributed by atoms with Gasteiger partial charge >= 0.3 is 6.18 Å². The SMILES string of the molecule is Cc1ccccc1OCC(=O)N1CCN(Cc2cccc(C(F)(F)F)c2)CC1. The molecule has 0 aromatic heterocycles. The summed E-state index contributed by atoms with van der Waals surface area (Å²) in [7, 11) is 0. The zero-order valence-electron chi connectivity index (χ0n) is 15.7. The first-order valence-electron chi connectivity index (χ1n) is 9.17. The van der Waals surface area contributed by atoms with Gasteiger partial charge in [0.2, 0.25) is 0 Å². The van der Waals surface area contributed by atoms with E-state index in [1.54, 1.807) is 11.0 Å². The van der Waals surface area contributed by atoms with E-state index >= 15 is 0 Å². The Morgan fingerprint density at radius 2 is 1.75 bits per heavy atom. The first-order chi connectivity index (χ1) is 13.3. The molecule has 1 heterocycles. The Balaban J connectivity index is 1.48. The highest BCUT2D eigenvalue weighted by molar-refractivity contribution is 5.78. The number of aryl methyl sites for hydroxylation is 1. The molecule has 4 nitrogen and oxygen atoms in total. The molecular formula is C21H23F3N2O2. The Kier molecular flexibility index (Phi) is 6.24. The summed E-state index contributed by atoms with van der Waals surface area (Å²) in [5.74, 6) is 0.612. The smallest absolute Gasteiger partial charge is 0.416 e. The number of benzene rings is 2. The summed E-state index contributed by atoms with van der Waals surface area (Å²) in [6.45, 7) is 4.65. The minimum Gasteiger partial charge on any atom is -0.484 e. The maximum atomic E-state index is 12.8. The predicted molar refractivity (Wildman–Crippen MR) is 100.0 cm³/mol. The van der Waals surface area contributed by atoms with Crippen molar-refractivity contribution in [3.8, 4) is 5.75 Å². The van der Waals surface area contributed by atoms with Crippen LogP contribution >= 0.6 is 0 Å². The van der Waals surface area contributed by atoms with Crippen LogP contribution in [0.15, 0.2) is 48.5 Å². The van der Waals surface area contributed by atoms with Crippen molar-refractivity contribution >= 4 is 5.91 Å². The molecule has 0 radical (unpaired) electrons. The van der Waals surface area contributed by atoms with Crippen molar-refractivity contribution in [1.29, 1.82) is 0 Å². The molecule has 2 aromatic rings. The highest BCUT2D eigenvalue weighted by atomic mass is 19.4. The molecule has 0 N–H and O–H groups in total. The van der Waals surface area contributed by atoms with Crippen molar-refractivity contribution < 1.29 is 22.7 Å². The standard InChI is InChI=1S/C21H23F3N2O2/c1-16-5-2-3-8-19(16)28-15-20(27)26-11-9-25(10-12-26)14-17-6-4-7-18(13-17)21(22,23)24/h2-8,13H,9-12,14-15H2,1H3. The number of alkyl halides is 3. The Labute approximate surface area is 162 Å². The normalized spacial score (nSPS) is 15.5. The molecule has 28 heavy (non-hydrogen) atoms. The van der Waals surface area contributed by atoms with Crippen LogP contribution in [-0.4, -0.2) is 48.5 Å². The van der Waals surface area contributed by atoms with Crippen LogP contribution in [0.4, 0.5) is 13.2 Å². The van der Waals surface area contributed by atoms with Crippen molar-refractivity contribution in [2.45, 2.75) is 19.6 Å². The lowest BCUT2D eigenvalue weighted by molar-refractivity contribution is -0.138. The average Bonchev–Trinajstić information content (AvgIpc) is 2.67. The number of ether oxygens (including phenoxy) is 1. The van der Waals surface area contributed by atoms with Crippen LogP contribution < -0.4 is 4.74 Å². The van der Waals surface area contributed by atoms with Crippen molar-refractivity contribution in [2.24, 2.45) is 0 Å². The number of piperazine rings is 1. The Morgan fingerprint density at radius 1 is 1.04 bits per heavy atom. The minimum absolute atomic E-state index is 0.0154. The van der Waals surface area contributed by atoms with Gasteiger partial charge in [-0.2, -0.15) is 13.2 Å². The predicted octanol–water partition coefficient (Wildman–Crippen LogP) is 3.74. The van der Waals surface area contributed by atoms with E-state index in [-0.39, 0.29) is 12.5 Å². The maximum absolute atomic E-state index is 12.8. The van der Waals surface area contributed by atoms with Crippen molar-refractivity contribution in [3.05, 3.63) is 65.2 Å². The molecule has 7 heteroatoms. The van der Waals surface area contributed by atoms with Crippen molar-refractivity contribution in [3.63, 3.8) is 0 Å². The molecule has 0 bridgehead atoms. The molecule has 1 aliphatic rings. The van der Waals surface area contributed by atoms with Crippen LogP contribution in [0.25, 0.3) is 0 Å². The molecule has 2 aromatic carbocycles. The minimum atomic E-state index is -4.34. The van der Waals surface area contributed by atoms with Gasteiger partial charge in [-0.1, -0.05) is 36.4 Å². The number of hydrogen-bond donors (Lipinski definition) is 0. The van der Waals surface area contributed by atoms with Gasteiger partial charge in [0.15, 0.2) is 6.61 Å². The van der Waals surface area contributed by atoms with Gasteiger partial charge < -0.3 is 9.64 Å². The van der Waals surface area contributed by atoms with Crippen LogP contribution in [0, 0.1) is 6.92 Å². The molecular weight excluding hydrogens is 369 g/mol. The summed E-state index contributed by atoms with van der Waals surface area (Å²) in [5.41, 5.74) is 0.964. The Bertz CT molecular complexity index is 815. The first-order valence-corrected chi connectivity index (χ1v) is 9.17. The summed E-state index contributed by atoms with van der Waals surface area (Å²) in [6.07, 6.45) is -4.34. The number of rotatable bonds is 5. The highest BCUT2D eigenvalue weighted by Gasteiger charge is 2.30. The van der Waals surface area contributed by atoms with E-state index in [9.17, 15) is 18.0 Å². The van der Waals surface area contributed by atoms with Crippen LogP contribution in [0.3, 0.4) is 0 Å². The van der Waals surface area contributed by atoms with Crippen LogP contribution in [0.2, 0.25) is 0 Å². The third kappa shape index (κ3) is 5.25. The van der Waals surface area contributed by atoms with E-state index in [0.717, 1.165) is 11.6 Å². The fraction of sp³-hybridized carbons (Fsp3) is 0.381. The summed E-state index contributed by atoms with van der Waals surface area (Å²) in [4.78, 5) is 16.2. The van der Waals surface area contributed by atoms with E-state index in [0.29, 0.717) is 44.0 Å². The Hall–Kier alpha value is -2.54. The van der Waals surface area contributed by atoms with Crippen molar-refractivity contribution in [1.82, 2.24) is 9.80 Å². The lowest BCUT2D eigenvalue weighted by Crippen LogP contribution is -2.49. The van der Waals surface area contributed by atoms with E-state index in [2.05, 4.69) is 4.90 Å². The van der Waals surface area contributed by atoms with Gasteiger partial charge in [-0.25, -0.2) is 0 Å². The van der Waals surface area contributed by atoms with E-state index < -0.39 is 11.7 Å². The molecule has 0 spiro atoms. The first kappa shape index (κ1) is 20.2. The van der Waals surface area contributed by atoms with Gasteiger partial charge in [0.25, 0.3) is 5.91 Å². The number of carbonyl (C=O) groups is 1. The molecule has 0 unspecified atom stereocenters. The molecule has 1 aliphatic heterocycles. The number of para-hydroxylation sites is 1. The van der Waals surface area contributed by atoms with E-state index in [4.69, 9.17) is 4.74 Å². The number of carbonyl (C=O) groups excluding carboxylic acids is 1. The Morgan fingerprint density at radius 3 is 2.43 bits per heavy atom. The number of amides is 1. The van der Waals surface area contributed by atoms with Gasteiger partial charge in [0.05, 0.1) is 5.56 Å². The third-order valence-electron chi connectivity index (χ3n) is 4.83. The fourth-order valence-electron chi connectivity index (χ4n) is 3.21. The van der Waals surface area contributed by atoms with Gasteiger partial charge in [0.1, 0.15) is 5.75 Å². The van der Waals surface area contributed by atoms with Gasteiger partial charge in [-0.3, -0.25) is 9.69 Å². The van der Waals surface area contributed by atoms with Crippen molar-refractivity contribution in [2.75, 3.05) is 32.8 Å². The second kappa shape index (κ2) is 8.65. The summed E-state index contributed by atoms with van der Waals surface area (Å²) < 4.78 is 44.1. The average molecular weight is 392 g/mol. The van der Waals surface area contributed by atoms with Crippen LogP contribution in [0.5, 0.6) is 5.75 Å². The molecule has 0 atom stereocenters. The third-order valence-corrected chi connectivity index (χ3v) is 4.83. The molecule has 1 saturated heterocycles. The molecule has 0 saturated carbocycles. The molecule has 150 valence electrons. The lowest BCUT2D eigenvalue weighted by atomic mass is 10.1. The number of hydrogen-bond acceptors (Lipinski definition) is 3. The van der Waals surface area contributed by atoms with Gasteiger partial charge in [-0.05, 0) is 30.2 Å². The highest BCUT2D eigenvalue weighted by Crippen LogP contribution is 2.29. The largest absolute Gasteiger partial charge is 0.484 e. The zero-order chi connectivity index (χ0) is 20.1. The van der Waals surface area contributed by atoms with E-state index in [1.165, 1.54) is 12.1 Å². The fourth-order valence-corrected chi connectivity index (χ4v) is 3.21. The zero-order valence-corrected chi connectivity index (χ0v) is 15.7. The monoisotopic (exact) mass is 392 g/mol. The second-order valence-electron chi connectivity index (χ2n) is 6.91. The molecule has 1 amide bonds. The summed E-state index contributed by atoms with van der Waals surface area (Å²) in [5, 5.41) is 0. The van der Waals surface area contributed by atoms with Gasteiger partial charge in [-0.15, -0.1) is 0 Å². The van der Waals surface area contributed by atoms with Crippen LogP contribution in [0.1, 0.15) is 16.7 Å². The topological polar surface area (TPSA) is 32.8 Å². The maximum Gasteiger partial charge on any atom is 0.416 e. The molecule has 1 fully saturated rings. The summed E-state index contributed by atoms with van der Waals surface area (Å²) in [6, 6.07) is 12.9. The van der Waals surface area contributed by atoms with Gasteiger partial charge in [0, 0.05) is 32.7 Å². The van der Waals surface area contributed by atoms with Crippen LogP contribution in [-0.2, 0) is 17.5 Å². The quantitative estimate of drug-likeness (QED) is 0.777.